The molecule has 3 aromatic rings. The van der Waals surface area contributed by atoms with E-state index in [-0.39, 0.29) is 22.5 Å². The third-order valence-electron chi connectivity index (χ3n) is 5.74. The number of H-pyrrole nitrogens is 1. The highest BCUT2D eigenvalue weighted by Crippen LogP contribution is 2.25. The van der Waals surface area contributed by atoms with Gasteiger partial charge >= 0.3 is 11.9 Å². The minimum absolute atomic E-state index is 0.0148. The molecule has 16 nitrogen and oxygen atoms in total. The predicted molar refractivity (Wildman–Crippen MR) is 148 cm³/mol. The molecule has 0 aliphatic carbocycles. The van der Waals surface area contributed by atoms with Crippen LogP contribution in [0.5, 0.6) is 0 Å². The van der Waals surface area contributed by atoms with Crippen LogP contribution in [0.25, 0.3) is 11.8 Å². The van der Waals surface area contributed by atoms with Gasteiger partial charge in [0.1, 0.15) is 0 Å². The fourth-order valence-electron chi connectivity index (χ4n) is 3.74. The van der Waals surface area contributed by atoms with Crippen molar-refractivity contribution < 1.29 is 50.5 Å². The van der Waals surface area contributed by atoms with Gasteiger partial charge in [0.05, 0.1) is 32.3 Å². The number of aliphatic carboxylic acids is 1. The van der Waals surface area contributed by atoms with Crippen LogP contribution in [-0.4, -0.2) is 69.5 Å². The van der Waals surface area contributed by atoms with Gasteiger partial charge in [-0.1, -0.05) is 18.2 Å². The van der Waals surface area contributed by atoms with Crippen molar-refractivity contribution in [1.82, 2.24) is 9.78 Å². The second-order valence-electron chi connectivity index (χ2n) is 8.48. The average Bonchev–Trinajstić information content (AvgIpc) is 3.44. The molecule has 18 heteroatoms. The Labute approximate surface area is 241 Å². The SMILES string of the molecule is O=C(O)C1=NN(c2ccc(S(=O)(=O)O)cc2)C(=O)C1=C/C=C/C=C/c1c(C(=O)O)[nH]n(-c2ccc(S(=O)(=O)O)cc2)c1=O. The molecule has 0 radical (unpaired) electrons. The van der Waals surface area contributed by atoms with E-state index < -0.39 is 64.8 Å². The Hall–Kier alpha value is -5.43. The summed E-state index contributed by atoms with van der Waals surface area (Å²) in [6.45, 7) is 0. The number of carbonyl (C=O) groups is 3. The van der Waals surface area contributed by atoms with Crippen molar-refractivity contribution in [3.8, 4) is 5.69 Å². The normalized spacial score (nSPS) is 15.1. The van der Waals surface area contributed by atoms with Crippen molar-refractivity contribution >= 4 is 55.6 Å². The lowest BCUT2D eigenvalue weighted by Crippen LogP contribution is -2.22. The Morgan fingerprint density at radius 2 is 1.30 bits per heavy atom. The molecule has 1 aliphatic heterocycles. The highest BCUT2D eigenvalue weighted by atomic mass is 32.2. The zero-order valence-electron chi connectivity index (χ0n) is 21.2. The monoisotopic (exact) mass is 630 g/mol. The number of hydrogen-bond acceptors (Lipinski definition) is 9. The Morgan fingerprint density at radius 3 is 1.79 bits per heavy atom. The number of amides is 1. The van der Waals surface area contributed by atoms with E-state index in [0.29, 0.717) is 0 Å². The topological polar surface area (TPSA) is 254 Å². The van der Waals surface area contributed by atoms with Crippen molar-refractivity contribution in [3.63, 3.8) is 0 Å². The van der Waals surface area contributed by atoms with E-state index in [9.17, 15) is 46.2 Å². The largest absolute Gasteiger partial charge is 0.477 e. The number of anilines is 1. The summed E-state index contributed by atoms with van der Waals surface area (Å²) in [5.41, 5.74) is -2.51. The molecule has 222 valence electrons. The van der Waals surface area contributed by atoms with Gasteiger partial charge in [-0.3, -0.25) is 23.8 Å². The molecule has 0 bridgehead atoms. The second-order valence-corrected chi connectivity index (χ2v) is 11.3. The minimum atomic E-state index is -4.50. The summed E-state index contributed by atoms with van der Waals surface area (Å²) in [6.07, 6.45) is 5.98. The van der Waals surface area contributed by atoms with Crippen molar-refractivity contribution in [2.75, 3.05) is 5.01 Å². The van der Waals surface area contributed by atoms with Crippen molar-refractivity contribution in [3.05, 3.63) is 100 Å². The summed E-state index contributed by atoms with van der Waals surface area (Å²) in [4.78, 5) is 48.3. The van der Waals surface area contributed by atoms with E-state index in [4.69, 9.17) is 9.11 Å². The van der Waals surface area contributed by atoms with Crippen molar-refractivity contribution in [1.29, 1.82) is 0 Å². The first-order valence-electron chi connectivity index (χ1n) is 11.5. The van der Waals surface area contributed by atoms with Gasteiger partial charge in [-0.15, -0.1) is 0 Å². The number of carboxylic acids is 2. The molecule has 43 heavy (non-hydrogen) atoms. The van der Waals surface area contributed by atoms with E-state index in [1.807, 2.05) is 0 Å². The molecule has 5 N–H and O–H groups in total. The molecule has 0 saturated carbocycles. The number of hydrazone groups is 1. The Balaban J connectivity index is 1.59. The standard InChI is InChI=1S/C25H18N4O12S2/c30-22-18(20(24(32)33)26-28(22)14-6-10-16(11-7-14)42(36,37)38)4-2-1-3-5-19-21(25(34)35)27-29(23(19)31)15-8-12-17(13-9-15)43(39,40)41/h1-13,26H,(H,32,33)(H,34,35)(H,36,37,38)(H,39,40,41)/b3-1+,4-2+,19-5?. The van der Waals surface area contributed by atoms with Crippen LogP contribution in [0.3, 0.4) is 0 Å². The number of aromatic carboxylic acids is 1. The van der Waals surface area contributed by atoms with E-state index in [1.54, 1.807) is 0 Å². The van der Waals surface area contributed by atoms with Crippen molar-refractivity contribution in [2.24, 2.45) is 5.10 Å². The summed E-state index contributed by atoms with van der Waals surface area (Å²) >= 11 is 0. The summed E-state index contributed by atoms with van der Waals surface area (Å²) in [5.74, 6) is -3.89. The number of carboxylic acid groups (broad SMARTS) is 2. The Morgan fingerprint density at radius 1 is 0.767 bits per heavy atom. The number of rotatable bonds is 9. The van der Waals surface area contributed by atoms with E-state index in [2.05, 4.69) is 10.2 Å². The molecule has 0 saturated heterocycles. The van der Waals surface area contributed by atoms with Gasteiger partial charge in [-0.2, -0.15) is 26.9 Å². The molecule has 0 fully saturated rings. The Bertz CT molecular complexity index is 2050. The fourth-order valence-corrected chi connectivity index (χ4v) is 4.70. The lowest BCUT2D eigenvalue weighted by atomic mass is 10.1. The highest BCUT2D eigenvalue weighted by molar-refractivity contribution is 7.86. The molecule has 0 unspecified atom stereocenters. The van der Waals surface area contributed by atoms with Crippen LogP contribution in [0.15, 0.2) is 98.1 Å². The van der Waals surface area contributed by atoms with E-state index >= 15 is 0 Å². The van der Waals surface area contributed by atoms with Gasteiger partial charge in [0.15, 0.2) is 11.4 Å². The van der Waals surface area contributed by atoms with Crippen LogP contribution in [0.4, 0.5) is 5.69 Å². The summed E-state index contributed by atoms with van der Waals surface area (Å²) < 4.78 is 64.0. The van der Waals surface area contributed by atoms with E-state index in [0.717, 1.165) is 58.2 Å². The van der Waals surface area contributed by atoms with Gasteiger partial charge in [0, 0.05) is 0 Å². The van der Waals surface area contributed by atoms with Crippen LogP contribution in [0.1, 0.15) is 16.1 Å². The first kappa shape index (κ1) is 30.5. The minimum Gasteiger partial charge on any atom is -0.477 e. The maximum Gasteiger partial charge on any atom is 0.357 e. The highest BCUT2D eigenvalue weighted by Gasteiger charge is 2.34. The first-order chi connectivity index (χ1) is 20.1. The number of benzene rings is 2. The first-order valence-corrected chi connectivity index (χ1v) is 14.4. The van der Waals surface area contributed by atoms with Crippen molar-refractivity contribution in [2.45, 2.75) is 9.79 Å². The molecule has 4 rings (SSSR count). The average molecular weight is 631 g/mol. The zero-order chi connectivity index (χ0) is 31.7. The number of aromatic nitrogens is 2. The second kappa shape index (κ2) is 11.4. The van der Waals surface area contributed by atoms with Gasteiger partial charge in [0.2, 0.25) is 0 Å². The zero-order valence-corrected chi connectivity index (χ0v) is 22.9. The van der Waals surface area contributed by atoms with Gasteiger partial charge < -0.3 is 10.2 Å². The predicted octanol–water partition coefficient (Wildman–Crippen LogP) is 1.34. The molecule has 2 heterocycles. The molecule has 0 atom stereocenters. The quantitative estimate of drug-likeness (QED) is 0.128. The molecule has 0 spiro atoms. The van der Waals surface area contributed by atoms with Crippen LogP contribution >= 0.6 is 0 Å². The Kier molecular flexibility index (Phi) is 8.13. The van der Waals surface area contributed by atoms with Crippen LogP contribution in [-0.2, 0) is 29.8 Å². The molecule has 1 aromatic heterocycles. The van der Waals surface area contributed by atoms with Crippen LogP contribution in [0, 0.1) is 0 Å². The fraction of sp³-hybridized carbons (Fsp3) is 0. The lowest BCUT2D eigenvalue weighted by molar-refractivity contribution is -0.129. The number of allylic oxidation sites excluding steroid dienone is 4. The number of carbonyl (C=O) groups excluding carboxylic acids is 1. The lowest BCUT2D eigenvalue weighted by Gasteiger charge is -2.11. The molecular weight excluding hydrogens is 612 g/mol. The number of hydrogen-bond donors (Lipinski definition) is 5. The maximum absolute atomic E-state index is 12.9. The summed E-state index contributed by atoms with van der Waals surface area (Å²) in [6, 6.07) is 8.62. The molecule has 1 aliphatic rings. The van der Waals surface area contributed by atoms with E-state index in [1.165, 1.54) is 30.4 Å². The molecular formula is C25H18N4O12S2. The number of aromatic amines is 1. The van der Waals surface area contributed by atoms with Crippen LogP contribution in [0.2, 0.25) is 0 Å². The summed E-state index contributed by atoms with van der Waals surface area (Å²) in [7, 11) is -9.00. The summed E-state index contributed by atoms with van der Waals surface area (Å²) in [5, 5.41) is 25.9. The third kappa shape index (κ3) is 6.41. The third-order valence-corrected chi connectivity index (χ3v) is 7.48. The molecule has 1 amide bonds. The van der Waals surface area contributed by atoms with Crippen LogP contribution < -0.4 is 10.6 Å². The van der Waals surface area contributed by atoms with Gasteiger partial charge in [-0.05, 0) is 60.7 Å². The molecule has 2 aromatic carbocycles. The van der Waals surface area contributed by atoms with Gasteiger partial charge in [-0.25, -0.2) is 14.3 Å². The maximum atomic E-state index is 12.9. The van der Waals surface area contributed by atoms with Gasteiger partial charge in [0.25, 0.3) is 31.7 Å². The number of nitrogens with zero attached hydrogens (tertiary/aromatic N) is 3. The smallest absolute Gasteiger partial charge is 0.357 e. The number of nitrogens with one attached hydrogen (secondary N) is 1.